The van der Waals surface area contributed by atoms with Gasteiger partial charge in [-0.2, -0.15) is 0 Å². The molecule has 3 heterocycles. The molecule has 0 radical (unpaired) electrons. The van der Waals surface area contributed by atoms with Crippen LogP contribution in [0, 0.1) is 5.92 Å². The van der Waals surface area contributed by atoms with Crippen molar-refractivity contribution in [3.8, 4) is 0 Å². The zero-order valence-corrected chi connectivity index (χ0v) is 20.6. The van der Waals surface area contributed by atoms with Crippen LogP contribution in [0.1, 0.15) is 62.7 Å². The van der Waals surface area contributed by atoms with Crippen LogP contribution in [-0.4, -0.2) is 45.3 Å². The minimum absolute atomic E-state index is 0. The summed E-state index contributed by atoms with van der Waals surface area (Å²) >= 11 is 0. The Bertz CT molecular complexity index is 818. The number of guanidine groups is 1. The molecule has 2 aliphatic heterocycles. The fourth-order valence-corrected chi connectivity index (χ4v) is 4.77. The van der Waals surface area contributed by atoms with Gasteiger partial charge in [-0.3, -0.25) is 0 Å². The Labute approximate surface area is 197 Å². The molecule has 1 N–H and O–H groups in total. The van der Waals surface area contributed by atoms with Crippen LogP contribution in [0.3, 0.4) is 0 Å². The van der Waals surface area contributed by atoms with Crippen molar-refractivity contribution in [2.45, 2.75) is 65.0 Å². The molecule has 1 aromatic carbocycles. The average molecular weight is 522 g/mol. The molecule has 0 saturated carbocycles. The Morgan fingerprint density at radius 2 is 1.97 bits per heavy atom. The number of benzene rings is 1. The van der Waals surface area contributed by atoms with Crippen molar-refractivity contribution in [1.82, 2.24) is 25.0 Å². The first-order chi connectivity index (χ1) is 14.3. The van der Waals surface area contributed by atoms with Crippen LogP contribution in [0.2, 0.25) is 0 Å². The lowest BCUT2D eigenvalue weighted by Crippen LogP contribution is -2.48. The number of aliphatic imine (C=N–C) groups is 1. The quantitative estimate of drug-likeness (QED) is 0.372. The molecule has 6 nitrogen and oxygen atoms in total. The molecule has 1 saturated heterocycles. The van der Waals surface area contributed by atoms with Gasteiger partial charge in [-0.15, -0.1) is 34.2 Å². The number of aryl methyl sites for hydroxylation is 1. The molecular weight excluding hydrogens is 487 g/mol. The normalized spacial score (nSPS) is 22.1. The van der Waals surface area contributed by atoms with Gasteiger partial charge in [0.05, 0.1) is 0 Å². The van der Waals surface area contributed by atoms with Gasteiger partial charge in [0.25, 0.3) is 0 Å². The molecule has 0 aliphatic carbocycles. The first-order valence-corrected chi connectivity index (χ1v) is 11.3. The molecule has 1 fully saturated rings. The van der Waals surface area contributed by atoms with E-state index in [0.29, 0.717) is 18.4 Å². The van der Waals surface area contributed by atoms with Gasteiger partial charge in [0.1, 0.15) is 12.4 Å². The molecule has 0 bridgehead atoms. The third-order valence-electron chi connectivity index (χ3n) is 6.32. The van der Waals surface area contributed by atoms with E-state index >= 15 is 0 Å². The molecule has 164 valence electrons. The van der Waals surface area contributed by atoms with Gasteiger partial charge in [-0.25, -0.2) is 4.99 Å². The Morgan fingerprint density at radius 3 is 2.73 bits per heavy atom. The number of likely N-dealkylation sites (tertiary alicyclic amines) is 1. The molecule has 2 aromatic rings. The minimum atomic E-state index is 0. The molecule has 2 aliphatic rings. The van der Waals surface area contributed by atoms with E-state index in [9.17, 15) is 0 Å². The van der Waals surface area contributed by atoms with E-state index in [2.05, 4.69) is 69.2 Å². The summed E-state index contributed by atoms with van der Waals surface area (Å²) in [6.45, 7) is 9.08. The Balaban J connectivity index is 0.00000256. The molecule has 7 heteroatoms. The van der Waals surface area contributed by atoms with E-state index in [1.807, 2.05) is 0 Å². The fourth-order valence-electron chi connectivity index (χ4n) is 4.77. The van der Waals surface area contributed by atoms with Gasteiger partial charge in [0.2, 0.25) is 0 Å². The standard InChI is InChI=1S/C23H34N6.HI/c1-3-24-23(25-16-22-27-26-21-12-8-5-9-14-29(21)22)28-15-13-20(18(2)17-28)19-10-6-4-7-11-19;/h4,6-7,10-11,18,20H,3,5,8-9,12-17H2,1-2H3,(H,24,25);1H. The zero-order chi connectivity index (χ0) is 20.1. The number of nitrogens with one attached hydrogen (secondary N) is 1. The smallest absolute Gasteiger partial charge is 0.194 e. The van der Waals surface area contributed by atoms with Crippen LogP contribution in [0.15, 0.2) is 35.3 Å². The highest BCUT2D eigenvalue weighted by molar-refractivity contribution is 14.0. The van der Waals surface area contributed by atoms with Crippen molar-refractivity contribution in [3.05, 3.63) is 47.5 Å². The summed E-state index contributed by atoms with van der Waals surface area (Å²) in [5.41, 5.74) is 1.47. The first-order valence-electron chi connectivity index (χ1n) is 11.3. The topological polar surface area (TPSA) is 58.3 Å². The van der Waals surface area contributed by atoms with E-state index in [1.54, 1.807) is 0 Å². The monoisotopic (exact) mass is 522 g/mol. The predicted octanol–water partition coefficient (Wildman–Crippen LogP) is 4.21. The van der Waals surface area contributed by atoms with E-state index < -0.39 is 0 Å². The van der Waals surface area contributed by atoms with Gasteiger partial charge in [0, 0.05) is 32.6 Å². The van der Waals surface area contributed by atoms with Crippen LogP contribution in [0.25, 0.3) is 0 Å². The molecular formula is C23H35IN6. The van der Waals surface area contributed by atoms with Crippen molar-refractivity contribution >= 4 is 29.9 Å². The van der Waals surface area contributed by atoms with Crippen molar-refractivity contribution < 1.29 is 0 Å². The van der Waals surface area contributed by atoms with E-state index in [4.69, 9.17) is 4.99 Å². The van der Waals surface area contributed by atoms with Crippen LogP contribution in [-0.2, 0) is 19.5 Å². The van der Waals surface area contributed by atoms with Crippen LogP contribution < -0.4 is 5.32 Å². The van der Waals surface area contributed by atoms with E-state index in [0.717, 1.165) is 56.6 Å². The maximum atomic E-state index is 4.96. The number of hydrogen-bond acceptors (Lipinski definition) is 3. The zero-order valence-electron chi connectivity index (χ0n) is 18.3. The van der Waals surface area contributed by atoms with Gasteiger partial charge in [0.15, 0.2) is 11.8 Å². The van der Waals surface area contributed by atoms with Gasteiger partial charge in [-0.1, -0.05) is 43.7 Å². The maximum absolute atomic E-state index is 4.96. The Kier molecular flexibility index (Phi) is 8.53. The van der Waals surface area contributed by atoms with Crippen LogP contribution in [0.5, 0.6) is 0 Å². The second-order valence-electron chi connectivity index (χ2n) is 8.39. The first kappa shape index (κ1) is 23.0. The summed E-state index contributed by atoms with van der Waals surface area (Å²) in [7, 11) is 0. The number of halogens is 1. The SMILES string of the molecule is CCNC(=NCc1nnc2n1CCCCC2)N1CCC(c2ccccc2)C(C)C1.I. The lowest BCUT2D eigenvalue weighted by atomic mass is 9.82. The van der Waals surface area contributed by atoms with Gasteiger partial charge in [-0.05, 0) is 43.6 Å². The predicted molar refractivity (Wildman–Crippen MR) is 132 cm³/mol. The molecule has 0 spiro atoms. The van der Waals surface area contributed by atoms with E-state index in [-0.39, 0.29) is 24.0 Å². The highest BCUT2D eigenvalue weighted by Crippen LogP contribution is 2.32. The minimum Gasteiger partial charge on any atom is -0.357 e. The average Bonchev–Trinajstić information content (AvgIpc) is 2.97. The number of rotatable bonds is 4. The third kappa shape index (κ3) is 5.34. The highest BCUT2D eigenvalue weighted by Gasteiger charge is 2.28. The molecule has 30 heavy (non-hydrogen) atoms. The highest BCUT2D eigenvalue weighted by atomic mass is 127. The summed E-state index contributed by atoms with van der Waals surface area (Å²) in [6.07, 6.45) is 5.92. The summed E-state index contributed by atoms with van der Waals surface area (Å²) in [5, 5.41) is 12.4. The summed E-state index contributed by atoms with van der Waals surface area (Å²) in [4.78, 5) is 7.38. The Morgan fingerprint density at radius 1 is 1.13 bits per heavy atom. The maximum Gasteiger partial charge on any atom is 0.194 e. The summed E-state index contributed by atoms with van der Waals surface area (Å²) in [6, 6.07) is 11.0. The lowest BCUT2D eigenvalue weighted by molar-refractivity contribution is 0.234. The van der Waals surface area contributed by atoms with Crippen molar-refractivity contribution in [2.75, 3.05) is 19.6 Å². The van der Waals surface area contributed by atoms with Crippen molar-refractivity contribution in [2.24, 2.45) is 10.9 Å². The summed E-state index contributed by atoms with van der Waals surface area (Å²) in [5.74, 6) is 4.37. The summed E-state index contributed by atoms with van der Waals surface area (Å²) < 4.78 is 2.30. The van der Waals surface area contributed by atoms with Crippen LogP contribution >= 0.6 is 24.0 Å². The number of nitrogens with zero attached hydrogens (tertiary/aromatic N) is 5. The number of fused-ring (bicyclic) bond motifs is 1. The van der Waals surface area contributed by atoms with Crippen molar-refractivity contribution in [3.63, 3.8) is 0 Å². The number of aromatic nitrogens is 3. The second kappa shape index (κ2) is 11.1. The lowest BCUT2D eigenvalue weighted by Gasteiger charge is -2.39. The van der Waals surface area contributed by atoms with Crippen molar-refractivity contribution in [1.29, 1.82) is 0 Å². The molecule has 2 atom stereocenters. The molecule has 4 rings (SSSR count). The molecule has 1 aromatic heterocycles. The van der Waals surface area contributed by atoms with Crippen LogP contribution in [0.4, 0.5) is 0 Å². The largest absolute Gasteiger partial charge is 0.357 e. The number of hydrogen-bond donors (Lipinski definition) is 1. The van der Waals surface area contributed by atoms with E-state index in [1.165, 1.54) is 24.8 Å². The molecule has 2 unspecified atom stereocenters. The third-order valence-corrected chi connectivity index (χ3v) is 6.32. The Hall–Kier alpha value is -1.64. The second-order valence-corrected chi connectivity index (χ2v) is 8.39. The number of piperidine rings is 1. The van der Waals surface area contributed by atoms with Gasteiger partial charge >= 0.3 is 0 Å². The molecule has 0 amide bonds. The fraction of sp³-hybridized carbons (Fsp3) is 0.609. The van der Waals surface area contributed by atoms with Gasteiger partial charge < -0.3 is 14.8 Å².